The lowest BCUT2D eigenvalue weighted by molar-refractivity contribution is -0.137. The molecule has 1 aromatic rings. The molecule has 0 saturated heterocycles. The molecule has 0 atom stereocenters. The summed E-state index contributed by atoms with van der Waals surface area (Å²) in [6.45, 7) is -0.688. The minimum absolute atomic E-state index is 0.00756. The number of benzene rings is 1. The van der Waals surface area contributed by atoms with Crippen molar-refractivity contribution in [2.24, 2.45) is 0 Å². The lowest BCUT2D eigenvalue weighted by atomic mass is 10.2. The van der Waals surface area contributed by atoms with E-state index in [1.54, 1.807) is 0 Å². The number of carboxylic acids is 1. The maximum absolute atomic E-state index is 12.0. The van der Waals surface area contributed by atoms with Gasteiger partial charge >= 0.3 is 5.97 Å². The van der Waals surface area contributed by atoms with E-state index in [0.29, 0.717) is 0 Å². The summed E-state index contributed by atoms with van der Waals surface area (Å²) in [6.07, 6.45) is 5.07. The number of phenolic OH excluding ortho intramolecular Hbond substituents is 1. The first-order valence-corrected chi connectivity index (χ1v) is 5.26. The molecule has 0 saturated carbocycles. The molecule has 0 bridgehead atoms. The minimum atomic E-state index is -1.19. The van der Waals surface area contributed by atoms with E-state index in [9.17, 15) is 14.7 Å². The Balaban J connectivity index is 3.05. The molecule has 6 heteroatoms. The number of carbonyl (C=O) groups excluding carboxylic acids is 1. The van der Waals surface area contributed by atoms with Crippen LogP contribution in [0.15, 0.2) is 18.2 Å². The molecule has 0 spiro atoms. The zero-order valence-electron chi connectivity index (χ0n) is 9.26. The maximum atomic E-state index is 12.0. The van der Waals surface area contributed by atoms with E-state index in [4.69, 9.17) is 23.1 Å². The Hall–Kier alpha value is -2.19. The largest absolute Gasteiger partial charge is 0.508 e. The SMILES string of the molecule is C#CCN(CC(=O)O)C(=O)c1cc(O)ccc1Cl. The van der Waals surface area contributed by atoms with Gasteiger partial charge in [-0.3, -0.25) is 9.59 Å². The molecule has 0 fully saturated rings. The molecule has 94 valence electrons. The molecule has 0 aromatic heterocycles. The second kappa shape index (κ2) is 5.94. The van der Waals surface area contributed by atoms with Gasteiger partial charge in [-0.05, 0) is 18.2 Å². The summed E-state index contributed by atoms with van der Waals surface area (Å²) in [5.41, 5.74) is 0.00756. The van der Waals surface area contributed by atoms with E-state index in [1.807, 2.05) is 0 Å². The number of rotatable bonds is 4. The van der Waals surface area contributed by atoms with Gasteiger partial charge in [-0.1, -0.05) is 17.5 Å². The Bertz CT molecular complexity index is 521. The van der Waals surface area contributed by atoms with E-state index in [-0.39, 0.29) is 22.9 Å². The van der Waals surface area contributed by atoms with Crippen LogP contribution in [-0.2, 0) is 4.79 Å². The van der Waals surface area contributed by atoms with Crippen LogP contribution in [0, 0.1) is 12.3 Å². The molecule has 0 radical (unpaired) electrons. The Kier molecular flexibility index (Phi) is 4.58. The van der Waals surface area contributed by atoms with Crippen LogP contribution in [0.1, 0.15) is 10.4 Å². The molecule has 0 unspecified atom stereocenters. The second-order valence-electron chi connectivity index (χ2n) is 3.42. The first kappa shape index (κ1) is 13.9. The predicted molar refractivity (Wildman–Crippen MR) is 65.5 cm³/mol. The molecular weight excluding hydrogens is 258 g/mol. The summed E-state index contributed by atoms with van der Waals surface area (Å²) in [7, 11) is 0. The number of hydrogen-bond donors (Lipinski definition) is 2. The average Bonchev–Trinajstić information content (AvgIpc) is 2.30. The monoisotopic (exact) mass is 267 g/mol. The van der Waals surface area contributed by atoms with Gasteiger partial charge < -0.3 is 15.1 Å². The molecule has 0 aliphatic carbocycles. The third-order valence-corrected chi connectivity index (χ3v) is 2.41. The summed E-state index contributed by atoms with van der Waals surface area (Å²) < 4.78 is 0. The number of terminal acetylenes is 1. The van der Waals surface area contributed by atoms with Crippen LogP contribution >= 0.6 is 11.6 Å². The van der Waals surface area contributed by atoms with Gasteiger partial charge in [0.15, 0.2) is 0 Å². The summed E-state index contributed by atoms with van der Waals surface area (Å²) in [4.78, 5) is 23.6. The summed E-state index contributed by atoms with van der Waals surface area (Å²) in [5, 5.41) is 18.1. The van der Waals surface area contributed by atoms with Crippen LogP contribution in [0.5, 0.6) is 5.75 Å². The molecule has 1 aromatic carbocycles. The van der Waals surface area contributed by atoms with Gasteiger partial charge in [-0.15, -0.1) is 6.42 Å². The molecule has 1 amide bonds. The fraction of sp³-hybridized carbons (Fsp3) is 0.167. The van der Waals surface area contributed by atoms with Crippen molar-refractivity contribution in [1.29, 1.82) is 0 Å². The van der Waals surface area contributed by atoms with Crippen molar-refractivity contribution < 1.29 is 19.8 Å². The molecule has 1 rings (SSSR count). The van der Waals surface area contributed by atoms with Crippen LogP contribution in [-0.4, -0.2) is 40.1 Å². The fourth-order valence-electron chi connectivity index (χ4n) is 1.32. The minimum Gasteiger partial charge on any atom is -0.508 e. The lowest BCUT2D eigenvalue weighted by Gasteiger charge is -2.18. The second-order valence-corrected chi connectivity index (χ2v) is 3.83. The van der Waals surface area contributed by atoms with E-state index in [1.165, 1.54) is 12.1 Å². The predicted octanol–water partition coefficient (Wildman–Crippen LogP) is 1.21. The van der Waals surface area contributed by atoms with Crippen molar-refractivity contribution in [3.8, 4) is 18.1 Å². The van der Waals surface area contributed by atoms with Crippen molar-refractivity contribution in [3.05, 3.63) is 28.8 Å². The van der Waals surface area contributed by atoms with Gasteiger partial charge in [0.1, 0.15) is 12.3 Å². The highest BCUT2D eigenvalue weighted by atomic mass is 35.5. The van der Waals surface area contributed by atoms with Gasteiger partial charge in [-0.2, -0.15) is 0 Å². The number of phenols is 1. The number of aromatic hydroxyl groups is 1. The van der Waals surface area contributed by atoms with Crippen molar-refractivity contribution in [2.75, 3.05) is 13.1 Å². The Morgan fingerprint density at radius 2 is 2.11 bits per heavy atom. The average molecular weight is 268 g/mol. The van der Waals surface area contributed by atoms with Crippen LogP contribution in [0.4, 0.5) is 0 Å². The van der Waals surface area contributed by atoms with Gasteiger partial charge in [0.2, 0.25) is 0 Å². The lowest BCUT2D eigenvalue weighted by Crippen LogP contribution is -2.36. The topological polar surface area (TPSA) is 77.8 Å². The Morgan fingerprint density at radius 3 is 2.67 bits per heavy atom. The molecular formula is C12H10ClNO4. The molecule has 0 heterocycles. The van der Waals surface area contributed by atoms with Crippen molar-refractivity contribution in [1.82, 2.24) is 4.90 Å². The number of nitrogens with zero attached hydrogens (tertiary/aromatic N) is 1. The van der Waals surface area contributed by atoms with E-state index in [2.05, 4.69) is 5.92 Å². The van der Waals surface area contributed by atoms with Crippen molar-refractivity contribution in [3.63, 3.8) is 0 Å². The highest BCUT2D eigenvalue weighted by molar-refractivity contribution is 6.33. The maximum Gasteiger partial charge on any atom is 0.323 e. The van der Waals surface area contributed by atoms with E-state index in [0.717, 1.165) is 11.0 Å². The Morgan fingerprint density at radius 1 is 1.44 bits per heavy atom. The quantitative estimate of drug-likeness (QED) is 0.804. The summed E-state index contributed by atoms with van der Waals surface area (Å²) in [6, 6.07) is 3.83. The number of carboxylic acid groups (broad SMARTS) is 1. The zero-order chi connectivity index (χ0) is 13.7. The highest BCUT2D eigenvalue weighted by Crippen LogP contribution is 2.22. The highest BCUT2D eigenvalue weighted by Gasteiger charge is 2.20. The Labute approximate surface area is 109 Å². The molecule has 5 nitrogen and oxygen atoms in total. The van der Waals surface area contributed by atoms with E-state index >= 15 is 0 Å². The van der Waals surface area contributed by atoms with Crippen molar-refractivity contribution in [2.45, 2.75) is 0 Å². The van der Waals surface area contributed by atoms with Gasteiger partial charge in [0.05, 0.1) is 17.1 Å². The van der Waals surface area contributed by atoms with E-state index < -0.39 is 18.4 Å². The van der Waals surface area contributed by atoms with Gasteiger partial charge in [0.25, 0.3) is 5.91 Å². The fourth-order valence-corrected chi connectivity index (χ4v) is 1.52. The smallest absolute Gasteiger partial charge is 0.323 e. The normalized spacial score (nSPS) is 9.56. The number of amides is 1. The standard InChI is InChI=1S/C12H10ClNO4/c1-2-5-14(7-11(16)17)12(18)9-6-8(15)3-4-10(9)13/h1,3-4,6,15H,5,7H2,(H,16,17). The third kappa shape index (κ3) is 3.40. The molecule has 18 heavy (non-hydrogen) atoms. The number of carbonyl (C=O) groups is 2. The molecule has 2 N–H and O–H groups in total. The van der Waals surface area contributed by atoms with Gasteiger partial charge in [0, 0.05) is 0 Å². The van der Waals surface area contributed by atoms with Crippen LogP contribution in [0.2, 0.25) is 5.02 Å². The van der Waals surface area contributed by atoms with Crippen LogP contribution in [0.25, 0.3) is 0 Å². The molecule has 0 aliphatic heterocycles. The van der Waals surface area contributed by atoms with Crippen molar-refractivity contribution >= 4 is 23.5 Å². The summed E-state index contributed by atoms with van der Waals surface area (Å²) in [5.74, 6) is 0.226. The van der Waals surface area contributed by atoms with Crippen LogP contribution < -0.4 is 0 Å². The van der Waals surface area contributed by atoms with Gasteiger partial charge in [-0.25, -0.2) is 0 Å². The molecule has 0 aliphatic rings. The van der Waals surface area contributed by atoms with Crippen LogP contribution in [0.3, 0.4) is 0 Å². The zero-order valence-corrected chi connectivity index (χ0v) is 10.0. The third-order valence-electron chi connectivity index (χ3n) is 2.08. The number of hydrogen-bond acceptors (Lipinski definition) is 3. The summed E-state index contributed by atoms with van der Waals surface area (Å²) >= 11 is 5.81. The number of halogens is 1. The first-order valence-electron chi connectivity index (χ1n) is 4.88. The number of aliphatic carboxylic acids is 1. The first-order chi connectivity index (χ1) is 8.45.